The topological polar surface area (TPSA) is 78.8 Å². The van der Waals surface area contributed by atoms with Crippen molar-refractivity contribution >= 4 is 27.3 Å². The summed E-state index contributed by atoms with van der Waals surface area (Å²) in [7, 11) is -2.17. The van der Waals surface area contributed by atoms with Gasteiger partial charge in [0, 0.05) is 23.7 Å². The normalized spacial score (nSPS) is 12.6. The number of benzene rings is 2. The van der Waals surface area contributed by atoms with Gasteiger partial charge < -0.3 is 0 Å². The molecule has 1 N–H and O–H groups in total. The van der Waals surface area contributed by atoms with Crippen molar-refractivity contribution in [1.29, 1.82) is 0 Å². The van der Waals surface area contributed by atoms with Crippen LogP contribution in [0.4, 0.5) is 5.69 Å². The Bertz CT molecular complexity index is 929. The molecule has 27 heavy (non-hydrogen) atoms. The van der Waals surface area contributed by atoms with E-state index in [1.165, 1.54) is 11.4 Å². The highest BCUT2D eigenvalue weighted by Gasteiger charge is 2.21. The maximum Gasteiger partial charge on any atom is 0.271 e. The number of carbonyl (C=O) groups is 1. The monoisotopic (exact) mass is 387 g/mol. The second-order valence-corrected chi connectivity index (χ2v) is 9.19. The fraction of sp³-hybridized carbons (Fsp3) is 0.300. The van der Waals surface area contributed by atoms with Crippen LogP contribution in [0.3, 0.4) is 0 Å². The molecule has 0 aliphatic rings. The summed E-state index contributed by atoms with van der Waals surface area (Å²) < 4.78 is 26.5. The van der Waals surface area contributed by atoms with Crippen LogP contribution >= 0.6 is 0 Å². The summed E-state index contributed by atoms with van der Waals surface area (Å²) in [5, 5.41) is 4.12. The molecule has 2 rings (SSSR count). The smallest absolute Gasteiger partial charge is 0.269 e. The van der Waals surface area contributed by atoms with Crippen molar-refractivity contribution in [3.8, 4) is 0 Å². The number of nitrogens with one attached hydrogen (secondary N) is 1. The van der Waals surface area contributed by atoms with Crippen LogP contribution < -0.4 is 9.73 Å². The molecule has 0 aliphatic heterocycles. The molecule has 1 amide bonds. The van der Waals surface area contributed by atoms with Gasteiger partial charge in [0.1, 0.15) is 0 Å². The summed E-state index contributed by atoms with van der Waals surface area (Å²) in [6.07, 6.45) is 0. The standard InChI is InChI=1S/C20H25N3O3S/c1-15(20(2,3)4)21-22-19(24)16-11-13-17(14-12-16)23(5)27(25,26)18-9-7-6-8-10-18/h6-14H,1-5H3,(H,22,24)/b21-15-. The van der Waals surface area contributed by atoms with E-state index in [2.05, 4.69) is 10.5 Å². The van der Waals surface area contributed by atoms with Crippen molar-refractivity contribution in [1.82, 2.24) is 5.43 Å². The molecule has 0 aromatic heterocycles. The minimum atomic E-state index is -3.65. The van der Waals surface area contributed by atoms with Gasteiger partial charge in [-0.3, -0.25) is 9.10 Å². The molecule has 0 aliphatic carbocycles. The Morgan fingerprint density at radius 3 is 2.07 bits per heavy atom. The van der Waals surface area contributed by atoms with E-state index < -0.39 is 10.0 Å². The number of rotatable bonds is 5. The minimum absolute atomic E-state index is 0.133. The van der Waals surface area contributed by atoms with Gasteiger partial charge in [0.25, 0.3) is 15.9 Å². The average Bonchev–Trinajstić information content (AvgIpc) is 2.65. The highest BCUT2D eigenvalue weighted by molar-refractivity contribution is 7.92. The number of hydrazone groups is 1. The number of sulfonamides is 1. The van der Waals surface area contributed by atoms with Gasteiger partial charge in [-0.2, -0.15) is 5.10 Å². The molecule has 0 spiro atoms. The predicted molar refractivity (Wildman–Crippen MR) is 109 cm³/mol. The molecule has 7 heteroatoms. The first kappa shape index (κ1) is 20.6. The van der Waals surface area contributed by atoms with Crippen molar-refractivity contribution in [2.75, 3.05) is 11.4 Å². The zero-order chi connectivity index (χ0) is 20.2. The van der Waals surface area contributed by atoms with Crippen molar-refractivity contribution in [2.24, 2.45) is 10.5 Å². The van der Waals surface area contributed by atoms with Crippen LogP contribution in [-0.4, -0.2) is 27.1 Å². The first-order chi connectivity index (χ1) is 12.5. The molecule has 2 aromatic rings. The van der Waals surface area contributed by atoms with Crippen LogP contribution in [0.15, 0.2) is 64.6 Å². The lowest BCUT2D eigenvalue weighted by molar-refractivity contribution is 0.0954. The first-order valence-electron chi connectivity index (χ1n) is 8.52. The van der Waals surface area contributed by atoms with E-state index in [1.807, 2.05) is 27.7 Å². The number of hydrogen-bond acceptors (Lipinski definition) is 4. The maximum atomic E-state index is 12.7. The number of amides is 1. The summed E-state index contributed by atoms with van der Waals surface area (Å²) >= 11 is 0. The molecule has 0 bridgehead atoms. The second-order valence-electron chi connectivity index (χ2n) is 7.22. The van der Waals surface area contributed by atoms with E-state index >= 15 is 0 Å². The van der Waals surface area contributed by atoms with Crippen LogP contribution in [0.1, 0.15) is 38.1 Å². The Morgan fingerprint density at radius 2 is 1.56 bits per heavy atom. The van der Waals surface area contributed by atoms with E-state index in [0.29, 0.717) is 11.3 Å². The fourth-order valence-electron chi connectivity index (χ4n) is 2.08. The highest BCUT2D eigenvalue weighted by Crippen LogP contribution is 2.22. The minimum Gasteiger partial charge on any atom is -0.269 e. The Hall–Kier alpha value is -2.67. The maximum absolute atomic E-state index is 12.7. The predicted octanol–water partition coefficient (Wildman–Crippen LogP) is 3.66. The van der Waals surface area contributed by atoms with Crippen LogP contribution in [0, 0.1) is 5.41 Å². The zero-order valence-electron chi connectivity index (χ0n) is 16.2. The van der Waals surface area contributed by atoms with Gasteiger partial charge in [-0.25, -0.2) is 13.8 Å². The number of anilines is 1. The third-order valence-electron chi connectivity index (χ3n) is 4.31. The third-order valence-corrected chi connectivity index (χ3v) is 6.11. The summed E-state index contributed by atoms with van der Waals surface area (Å²) in [5.74, 6) is -0.348. The van der Waals surface area contributed by atoms with Crippen LogP contribution in [-0.2, 0) is 10.0 Å². The molecule has 6 nitrogen and oxygen atoms in total. The lowest BCUT2D eigenvalue weighted by atomic mass is 9.91. The van der Waals surface area contributed by atoms with Gasteiger partial charge in [-0.15, -0.1) is 0 Å². The summed E-state index contributed by atoms with van der Waals surface area (Å²) in [5.41, 5.74) is 4.06. The Balaban J connectivity index is 2.16. The quantitative estimate of drug-likeness (QED) is 0.628. The number of nitrogens with zero attached hydrogens (tertiary/aromatic N) is 2. The Kier molecular flexibility index (Phi) is 6.05. The highest BCUT2D eigenvalue weighted by atomic mass is 32.2. The molecule has 2 aromatic carbocycles. The summed E-state index contributed by atoms with van der Waals surface area (Å²) in [6, 6.07) is 14.5. The van der Waals surface area contributed by atoms with Crippen molar-refractivity contribution in [3.63, 3.8) is 0 Å². The first-order valence-corrected chi connectivity index (χ1v) is 9.96. The van der Waals surface area contributed by atoms with E-state index in [9.17, 15) is 13.2 Å². The van der Waals surface area contributed by atoms with E-state index in [0.717, 1.165) is 5.71 Å². The lowest BCUT2D eigenvalue weighted by Gasteiger charge is -2.20. The SMILES string of the molecule is C/C(=N/NC(=O)c1ccc(N(C)S(=O)(=O)c2ccccc2)cc1)C(C)(C)C. The van der Waals surface area contributed by atoms with E-state index in [4.69, 9.17) is 0 Å². The van der Waals surface area contributed by atoms with Crippen molar-refractivity contribution in [3.05, 3.63) is 60.2 Å². The van der Waals surface area contributed by atoms with E-state index in [-0.39, 0.29) is 16.2 Å². The third kappa shape index (κ3) is 4.95. The molecule has 144 valence electrons. The van der Waals surface area contributed by atoms with Crippen LogP contribution in [0.2, 0.25) is 0 Å². The lowest BCUT2D eigenvalue weighted by Crippen LogP contribution is -2.27. The number of hydrogen-bond donors (Lipinski definition) is 1. The van der Waals surface area contributed by atoms with Gasteiger partial charge in [-0.05, 0) is 43.3 Å². The van der Waals surface area contributed by atoms with Crippen molar-refractivity contribution in [2.45, 2.75) is 32.6 Å². The van der Waals surface area contributed by atoms with Gasteiger partial charge >= 0.3 is 0 Å². The molecule has 0 saturated heterocycles. The average molecular weight is 388 g/mol. The summed E-state index contributed by atoms with van der Waals surface area (Å²) in [6.45, 7) is 7.88. The van der Waals surface area contributed by atoms with Gasteiger partial charge in [0.05, 0.1) is 10.6 Å². The van der Waals surface area contributed by atoms with Crippen molar-refractivity contribution < 1.29 is 13.2 Å². The molecular weight excluding hydrogens is 362 g/mol. The second kappa shape index (κ2) is 7.92. The van der Waals surface area contributed by atoms with Gasteiger partial charge in [-0.1, -0.05) is 39.0 Å². The largest absolute Gasteiger partial charge is 0.271 e. The molecular formula is C20H25N3O3S. The molecule has 0 atom stereocenters. The molecule has 0 heterocycles. The van der Waals surface area contributed by atoms with Crippen LogP contribution in [0.25, 0.3) is 0 Å². The molecule has 0 unspecified atom stereocenters. The van der Waals surface area contributed by atoms with Gasteiger partial charge in [0.2, 0.25) is 0 Å². The number of carbonyl (C=O) groups excluding carboxylic acids is 1. The Labute approximate surface area is 161 Å². The molecule has 0 saturated carbocycles. The summed E-state index contributed by atoms with van der Waals surface area (Å²) in [4.78, 5) is 12.4. The fourth-order valence-corrected chi connectivity index (χ4v) is 3.30. The van der Waals surface area contributed by atoms with Crippen LogP contribution in [0.5, 0.6) is 0 Å². The van der Waals surface area contributed by atoms with E-state index in [1.54, 1.807) is 54.6 Å². The van der Waals surface area contributed by atoms with Gasteiger partial charge in [0.15, 0.2) is 0 Å². The molecule has 0 fully saturated rings. The zero-order valence-corrected chi connectivity index (χ0v) is 17.0. The Morgan fingerprint density at radius 1 is 1.00 bits per heavy atom. The molecule has 0 radical (unpaired) electrons.